The van der Waals surface area contributed by atoms with Gasteiger partial charge in [0.15, 0.2) is 0 Å². The summed E-state index contributed by atoms with van der Waals surface area (Å²) in [7, 11) is 0. The molecule has 0 fully saturated rings. The molecule has 0 aliphatic heterocycles. The van der Waals surface area contributed by atoms with Gasteiger partial charge in [-0.05, 0) is 37.6 Å². The first kappa shape index (κ1) is 15.1. The average molecular weight is 309 g/mol. The van der Waals surface area contributed by atoms with Crippen LogP contribution in [0.4, 0.5) is 0 Å². The predicted molar refractivity (Wildman–Crippen MR) is 89.6 cm³/mol. The first-order chi connectivity index (χ1) is 11.1. The maximum atomic E-state index is 12.1. The number of para-hydroxylation sites is 2. The van der Waals surface area contributed by atoms with Gasteiger partial charge in [-0.25, -0.2) is 4.98 Å². The van der Waals surface area contributed by atoms with Crippen molar-refractivity contribution in [3.63, 3.8) is 0 Å². The molecule has 23 heavy (non-hydrogen) atoms. The molecule has 0 aliphatic carbocycles. The highest BCUT2D eigenvalue weighted by Gasteiger charge is 2.10. The van der Waals surface area contributed by atoms with E-state index in [0.29, 0.717) is 12.1 Å². The minimum atomic E-state index is -0.254. The van der Waals surface area contributed by atoms with E-state index >= 15 is 0 Å². The smallest absolute Gasteiger partial charge is 0.255 e. The van der Waals surface area contributed by atoms with E-state index in [0.717, 1.165) is 35.3 Å². The third-order valence-corrected chi connectivity index (χ3v) is 3.71. The number of imidazole rings is 1. The number of phenols is 1. The Morgan fingerprint density at radius 3 is 2.91 bits per heavy atom. The fourth-order valence-electron chi connectivity index (χ4n) is 2.51. The fraction of sp³-hybridized carbons (Fsp3) is 0.222. The maximum Gasteiger partial charge on any atom is 0.255 e. The van der Waals surface area contributed by atoms with Crippen LogP contribution < -0.4 is 5.32 Å². The number of benzene rings is 2. The molecule has 1 heterocycles. The topological polar surface area (TPSA) is 78.0 Å². The van der Waals surface area contributed by atoms with Gasteiger partial charge in [0.05, 0.1) is 16.6 Å². The van der Waals surface area contributed by atoms with Gasteiger partial charge >= 0.3 is 0 Å². The number of rotatable bonds is 5. The van der Waals surface area contributed by atoms with Crippen LogP contribution in [0.25, 0.3) is 11.0 Å². The Bertz CT molecular complexity index is 806. The number of hydrogen-bond acceptors (Lipinski definition) is 3. The third-order valence-electron chi connectivity index (χ3n) is 3.71. The fourth-order valence-corrected chi connectivity index (χ4v) is 2.51. The summed E-state index contributed by atoms with van der Waals surface area (Å²) in [6.45, 7) is 2.42. The summed E-state index contributed by atoms with van der Waals surface area (Å²) >= 11 is 0. The van der Waals surface area contributed by atoms with Crippen LogP contribution in [0.2, 0.25) is 0 Å². The van der Waals surface area contributed by atoms with E-state index in [-0.39, 0.29) is 11.7 Å². The Morgan fingerprint density at radius 1 is 1.26 bits per heavy atom. The average Bonchev–Trinajstić information content (AvgIpc) is 2.96. The summed E-state index contributed by atoms with van der Waals surface area (Å²) in [5.74, 6) is 0.667. The number of phenolic OH excluding ortho intramolecular Hbond substituents is 1. The number of H-pyrrole nitrogens is 1. The summed E-state index contributed by atoms with van der Waals surface area (Å²) in [6.07, 6.45) is 1.53. The van der Waals surface area contributed by atoms with Gasteiger partial charge in [0.2, 0.25) is 0 Å². The summed E-state index contributed by atoms with van der Waals surface area (Å²) < 4.78 is 0. The van der Waals surface area contributed by atoms with Crippen LogP contribution in [0.3, 0.4) is 0 Å². The SMILES string of the molecule is Cc1ccc(O)c(C(=O)NCCCc2nc3ccccc3[nH]2)c1. The standard InChI is InChI=1S/C18H19N3O2/c1-12-8-9-16(22)13(11-12)18(23)19-10-4-7-17-20-14-5-2-3-6-15(14)21-17/h2-3,5-6,8-9,11,22H,4,7,10H2,1H3,(H,19,23)(H,20,21). The molecule has 0 saturated carbocycles. The second-order valence-electron chi connectivity index (χ2n) is 5.58. The van der Waals surface area contributed by atoms with E-state index in [1.165, 1.54) is 0 Å². The van der Waals surface area contributed by atoms with Crippen LogP contribution in [0.5, 0.6) is 5.75 Å². The molecule has 0 saturated heterocycles. The van der Waals surface area contributed by atoms with Crippen molar-refractivity contribution in [2.45, 2.75) is 19.8 Å². The molecule has 0 unspecified atom stereocenters. The number of nitrogens with zero attached hydrogens (tertiary/aromatic N) is 1. The predicted octanol–water partition coefficient (Wildman–Crippen LogP) is 2.94. The molecule has 3 N–H and O–H groups in total. The molecule has 3 aromatic rings. The Hall–Kier alpha value is -2.82. The van der Waals surface area contributed by atoms with Gasteiger partial charge in [0.25, 0.3) is 5.91 Å². The quantitative estimate of drug-likeness (QED) is 0.634. The zero-order valence-corrected chi connectivity index (χ0v) is 13.0. The van der Waals surface area contributed by atoms with Crippen molar-refractivity contribution in [3.8, 4) is 5.75 Å². The Kier molecular flexibility index (Phi) is 4.28. The van der Waals surface area contributed by atoms with Crippen molar-refractivity contribution in [2.75, 3.05) is 6.54 Å². The van der Waals surface area contributed by atoms with E-state index in [2.05, 4.69) is 15.3 Å². The number of carbonyl (C=O) groups excluding carboxylic acids is 1. The van der Waals surface area contributed by atoms with Crippen molar-refractivity contribution in [2.24, 2.45) is 0 Å². The van der Waals surface area contributed by atoms with Gasteiger partial charge in [0, 0.05) is 13.0 Å². The molecule has 118 valence electrons. The van der Waals surface area contributed by atoms with Crippen LogP contribution in [0.15, 0.2) is 42.5 Å². The minimum absolute atomic E-state index is 0.00499. The Morgan fingerprint density at radius 2 is 2.09 bits per heavy atom. The first-order valence-electron chi connectivity index (χ1n) is 7.65. The van der Waals surface area contributed by atoms with Gasteiger partial charge in [-0.15, -0.1) is 0 Å². The monoisotopic (exact) mass is 309 g/mol. The number of aromatic amines is 1. The minimum Gasteiger partial charge on any atom is -0.507 e. The Labute approximate surface area is 134 Å². The molecule has 5 nitrogen and oxygen atoms in total. The molecule has 0 radical (unpaired) electrons. The lowest BCUT2D eigenvalue weighted by molar-refractivity contribution is 0.0950. The van der Waals surface area contributed by atoms with E-state index in [1.54, 1.807) is 18.2 Å². The molecule has 3 rings (SSSR count). The lowest BCUT2D eigenvalue weighted by Crippen LogP contribution is -2.25. The summed E-state index contributed by atoms with van der Waals surface area (Å²) in [5.41, 5.74) is 3.23. The molecule has 0 aliphatic rings. The molecule has 0 bridgehead atoms. The molecule has 5 heteroatoms. The van der Waals surface area contributed by atoms with Crippen LogP contribution in [-0.4, -0.2) is 27.5 Å². The van der Waals surface area contributed by atoms with E-state index in [1.807, 2.05) is 31.2 Å². The van der Waals surface area contributed by atoms with Gasteiger partial charge in [0.1, 0.15) is 11.6 Å². The zero-order valence-electron chi connectivity index (χ0n) is 13.0. The summed E-state index contributed by atoms with van der Waals surface area (Å²) in [5, 5.41) is 12.6. The molecule has 0 spiro atoms. The number of aryl methyl sites for hydroxylation is 2. The zero-order chi connectivity index (χ0) is 16.2. The number of aromatic hydroxyl groups is 1. The number of aromatic nitrogens is 2. The number of carbonyl (C=O) groups is 1. The Balaban J connectivity index is 1.53. The van der Waals surface area contributed by atoms with Crippen molar-refractivity contribution >= 4 is 16.9 Å². The normalized spacial score (nSPS) is 10.8. The van der Waals surface area contributed by atoms with Crippen LogP contribution >= 0.6 is 0 Å². The third kappa shape index (κ3) is 3.51. The van der Waals surface area contributed by atoms with E-state index in [9.17, 15) is 9.90 Å². The number of nitrogens with one attached hydrogen (secondary N) is 2. The van der Waals surface area contributed by atoms with Crippen LogP contribution in [0.1, 0.15) is 28.2 Å². The number of fused-ring (bicyclic) bond motifs is 1. The summed E-state index contributed by atoms with van der Waals surface area (Å²) in [4.78, 5) is 19.8. The number of hydrogen-bond donors (Lipinski definition) is 3. The first-order valence-corrected chi connectivity index (χ1v) is 7.65. The second kappa shape index (κ2) is 6.52. The van der Waals surface area contributed by atoms with Crippen LogP contribution in [0, 0.1) is 6.92 Å². The van der Waals surface area contributed by atoms with Crippen molar-refractivity contribution in [1.82, 2.24) is 15.3 Å². The van der Waals surface area contributed by atoms with Crippen LogP contribution in [-0.2, 0) is 6.42 Å². The molecular formula is C18H19N3O2. The van der Waals surface area contributed by atoms with Crippen molar-refractivity contribution in [1.29, 1.82) is 0 Å². The van der Waals surface area contributed by atoms with Gasteiger partial charge in [-0.2, -0.15) is 0 Å². The lowest BCUT2D eigenvalue weighted by Gasteiger charge is -2.07. The molecule has 2 aromatic carbocycles. The van der Waals surface area contributed by atoms with Crippen molar-refractivity contribution < 1.29 is 9.90 Å². The molecule has 0 atom stereocenters. The summed E-state index contributed by atoms with van der Waals surface area (Å²) in [6, 6.07) is 12.9. The molecule has 1 amide bonds. The highest BCUT2D eigenvalue weighted by atomic mass is 16.3. The van der Waals surface area contributed by atoms with Gasteiger partial charge < -0.3 is 15.4 Å². The maximum absolute atomic E-state index is 12.1. The molecular weight excluding hydrogens is 290 g/mol. The van der Waals surface area contributed by atoms with E-state index in [4.69, 9.17) is 0 Å². The van der Waals surface area contributed by atoms with Crippen molar-refractivity contribution in [3.05, 3.63) is 59.4 Å². The largest absolute Gasteiger partial charge is 0.507 e. The number of amides is 1. The van der Waals surface area contributed by atoms with E-state index < -0.39 is 0 Å². The highest BCUT2D eigenvalue weighted by molar-refractivity contribution is 5.96. The lowest BCUT2D eigenvalue weighted by atomic mass is 10.1. The van der Waals surface area contributed by atoms with Gasteiger partial charge in [-0.3, -0.25) is 4.79 Å². The second-order valence-corrected chi connectivity index (χ2v) is 5.58. The molecule has 1 aromatic heterocycles. The van der Waals surface area contributed by atoms with Gasteiger partial charge in [-0.1, -0.05) is 23.8 Å². The highest BCUT2D eigenvalue weighted by Crippen LogP contribution is 2.18.